The predicted octanol–water partition coefficient (Wildman–Crippen LogP) is 2.16. The summed E-state index contributed by atoms with van der Waals surface area (Å²) in [5, 5.41) is 5.33. The number of nitrogens with one attached hydrogen (secondary N) is 2. The highest BCUT2D eigenvalue weighted by molar-refractivity contribution is 5.98. The smallest absolute Gasteiger partial charge is 0.355 e. The molecule has 0 aromatic heterocycles. The van der Waals surface area contributed by atoms with E-state index in [1.54, 1.807) is 12.1 Å². The number of rotatable bonds is 6. The fraction of sp³-hybridized carbons (Fsp3) is 0.421. The number of ether oxygens (including phenoxy) is 1. The van der Waals surface area contributed by atoms with Gasteiger partial charge in [-0.2, -0.15) is 0 Å². The summed E-state index contributed by atoms with van der Waals surface area (Å²) in [6.07, 6.45) is 6.86. The van der Waals surface area contributed by atoms with Gasteiger partial charge in [-0.3, -0.25) is 9.59 Å². The predicted molar refractivity (Wildman–Crippen MR) is 94.2 cm³/mol. The number of esters is 1. The molecule has 0 radical (unpaired) electrons. The summed E-state index contributed by atoms with van der Waals surface area (Å²) in [5.41, 5.74) is 0.749. The number of carbonyl (C=O) groups is 3. The van der Waals surface area contributed by atoms with Crippen molar-refractivity contribution in [2.24, 2.45) is 0 Å². The molecule has 25 heavy (non-hydrogen) atoms. The van der Waals surface area contributed by atoms with E-state index in [0.717, 1.165) is 31.2 Å². The fourth-order valence-corrected chi connectivity index (χ4v) is 2.78. The molecule has 6 nitrogen and oxygen atoms in total. The van der Waals surface area contributed by atoms with Crippen LogP contribution < -0.4 is 10.6 Å². The Balaban J connectivity index is 1.91. The molecular weight excluding hydrogens is 320 g/mol. The Labute approximate surface area is 147 Å². The maximum atomic E-state index is 12.2. The minimum absolute atomic E-state index is 0.00386. The molecule has 1 aliphatic carbocycles. The number of amides is 2. The zero-order chi connectivity index (χ0) is 18.1. The van der Waals surface area contributed by atoms with Crippen molar-refractivity contribution < 1.29 is 19.1 Å². The van der Waals surface area contributed by atoms with Crippen LogP contribution in [-0.4, -0.2) is 30.4 Å². The molecule has 1 fully saturated rings. The van der Waals surface area contributed by atoms with Crippen LogP contribution in [0.3, 0.4) is 0 Å². The zero-order valence-electron chi connectivity index (χ0n) is 14.4. The van der Waals surface area contributed by atoms with Gasteiger partial charge in [0.05, 0.1) is 0 Å². The van der Waals surface area contributed by atoms with Gasteiger partial charge in [0, 0.05) is 13.0 Å². The van der Waals surface area contributed by atoms with Crippen molar-refractivity contribution in [1.29, 1.82) is 0 Å². The zero-order valence-corrected chi connectivity index (χ0v) is 14.4. The average Bonchev–Trinajstić information content (AvgIpc) is 2.60. The van der Waals surface area contributed by atoms with Crippen LogP contribution in [0.15, 0.2) is 36.0 Å². The summed E-state index contributed by atoms with van der Waals surface area (Å²) in [7, 11) is 0. The third-order valence-corrected chi connectivity index (χ3v) is 3.95. The highest BCUT2D eigenvalue weighted by atomic mass is 16.5. The molecule has 0 spiro atoms. The summed E-state index contributed by atoms with van der Waals surface area (Å²) >= 11 is 0. The van der Waals surface area contributed by atoms with Gasteiger partial charge in [-0.15, -0.1) is 0 Å². The second-order valence-electron chi connectivity index (χ2n) is 6.13. The average molecular weight is 344 g/mol. The molecule has 6 heteroatoms. The van der Waals surface area contributed by atoms with Gasteiger partial charge >= 0.3 is 5.97 Å². The first-order chi connectivity index (χ1) is 12.0. The monoisotopic (exact) mass is 344 g/mol. The van der Waals surface area contributed by atoms with E-state index < -0.39 is 5.97 Å². The number of benzene rings is 1. The van der Waals surface area contributed by atoms with Crippen molar-refractivity contribution >= 4 is 23.9 Å². The summed E-state index contributed by atoms with van der Waals surface area (Å²) in [6.45, 7) is 0.947. The van der Waals surface area contributed by atoms with Gasteiger partial charge in [0.2, 0.25) is 5.91 Å². The van der Waals surface area contributed by atoms with E-state index in [1.807, 2.05) is 18.2 Å². The van der Waals surface area contributed by atoms with Gasteiger partial charge in [0.25, 0.3) is 5.91 Å². The van der Waals surface area contributed by atoms with E-state index in [4.69, 9.17) is 4.74 Å². The van der Waals surface area contributed by atoms with Gasteiger partial charge in [0.1, 0.15) is 5.70 Å². The Morgan fingerprint density at radius 2 is 1.80 bits per heavy atom. The molecule has 1 saturated carbocycles. The van der Waals surface area contributed by atoms with Crippen LogP contribution in [0, 0.1) is 0 Å². The largest absolute Gasteiger partial charge is 0.451 e. The quantitative estimate of drug-likeness (QED) is 0.612. The highest BCUT2D eigenvalue weighted by Crippen LogP contribution is 2.17. The van der Waals surface area contributed by atoms with Crippen molar-refractivity contribution in [2.75, 3.05) is 6.61 Å². The molecule has 0 saturated heterocycles. The van der Waals surface area contributed by atoms with Gasteiger partial charge in [0.15, 0.2) is 6.61 Å². The normalized spacial score (nSPS) is 15.3. The minimum Gasteiger partial charge on any atom is -0.451 e. The molecule has 0 aliphatic heterocycles. The molecule has 0 heterocycles. The minimum atomic E-state index is -0.738. The first-order valence-electron chi connectivity index (χ1n) is 8.55. The van der Waals surface area contributed by atoms with Crippen LogP contribution in [0.4, 0.5) is 0 Å². The molecule has 1 aliphatic rings. The molecule has 134 valence electrons. The van der Waals surface area contributed by atoms with Crippen molar-refractivity contribution in [3.05, 3.63) is 41.6 Å². The summed E-state index contributed by atoms with van der Waals surface area (Å²) in [4.78, 5) is 35.4. The van der Waals surface area contributed by atoms with E-state index in [-0.39, 0.29) is 30.2 Å². The summed E-state index contributed by atoms with van der Waals surface area (Å²) in [5.74, 6) is -1.44. The van der Waals surface area contributed by atoms with Crippen LogP contribution in [-0.2, 0) is 19.1 Å². The Bertz CT molecular complexity index is 634. The lowest BCUT2D eigenvalue weighted by Gasteiger charge is -2.22. The standard InChI is InChI=1S/C19H24N2O4/c1-14(22)20-17(12-15-8-4-2-5-9-15)19(24)25-13-18(23)21-16-10-6-3-7-11-16/h2,4-5,8-9,12,16H,3,6-7,10-11,13H2,1H3,(H,20,22)(H,21,23)/b17-12+. The van der Waals surface area contributed by atoms with Gasteiger partial charge in [-0.1, -0.05) is 49.6 Å². The van der Waals surface area contributed by atoms with Gasteiger partial charge < -0.3 is 15.4 Å². The molecule has 0 bridgehead atoms. The van der Waals surface area contributed by atoms with E-state index in [2.05, 4.69) is 10.6 Å². The number of hydrogen-bond donors (Lipinski definition) is 2. The SMILES string of the molecule is CC(=O)N/C(=C/c1ccccc1)C(=O)OCC(=O)NC1CCCCC1. The van der Waals surface area contributed by atoms with Gasteiger partial charge in [-0.05, 0) is 24.5 Å². The maximum Gasteiger partial charge on any atom is 0.355 e. The van der Waals surface area contributed by atoms with Crippen LogP contribution >= 0.6 is 0 Å². The van der Waals surface area contributed by atoms with Crippen LogP contribution in [0.5, 0.6) is 0 Å². The lowest BCUT2D eigenvalue weighted by atomic mass is 9.95. The molecule has 0 atom stereocenters. The van der Waals surface area contributed by atoms with Gasteiger partial charge in [-0.25, -0.2) is 4.79 Å². The Kier molecular flexibility index (Phi) is 7.19. The summed E-state index contributed by atoms with van der Waals surface area (Å²) < 4.78 is 5.05. The van der Waals surface area contributed by atoms with Crippen molar-refractivity contribution in [1.82, 2.24) is 10.6 Å². The Hall–Kier alpha value is -2.63. The topological polar surface area (TPSA) is 84.5 Å². The maximum absolute atomic E-state index is 12.2. The summed E-state index contributed by atoms with van der Waals surface area (Å²) in [6, 6.07) is 9.24. The molecule has 2 N–H and O–H groups in total. The second kappa shape index (κ2) is 9.61. The molecule has 1 aromatic carbocycles. The van der Waals surface area contributed by atoms with E-state index in [1.165, 1.54) is 19.4 Å². The molecule has 2 rings (SSSR count). The molecule has 0 unspecified atom stereocenters. The molecular formula is C19H24N2O4. The van der Waals surface area contributed by atoms with E-state index in [9.17, 15) is 14.4 Å². The Morgan fingerprint density at radius 3 is 2.44 bits per heavy atom. The van der Waals surface area contributed by atoms with Crippen molar-refractivity contribution in [3.63, 3.8) is 0 Å². The lowest BCUT2D eigenvalue weighted by molar-refractivity contribution is -0.145. The molecule has 2 amide bonds. The van der Waals surface area contributed by atoms with Crippen LogP contribution in [0.25, 0.3) is 6.08 Å². The van der Waals surface area contributed by atoms with E-state index in [0.29, 0.717) is 0 Å². The van der Waals surface area contributed by atoms with E-state index >= 15 is 0 Å². The third-order valence-electron chi connectivity index (χ3n) is 3.95. The van der Waals surface area contributed by atoms with Crippen molar-refractivity contribution in [3.8, 4) is 0 Å². The Morgan fingerprint density at radius 1 is 1.12 bits per heavy atom. The third kappa shape index (κ3) is 6.79. The number of hydrogen-bond acceptors (Lipinski definition) is 4. The lowest BCUT2D eigenvalue weighted by Crippen LogP contribution is -2.39. The second-order valence-corrected chi connectivity index (χ2v) is 6.13. The van der Waals surface area contributed by atoms with Crippen LogP contribution in [0.2, 0.25) is 0 Å². The fourth-order valence-electron chi connectivity index (χ4n) is 2.78. The number of carbonyl (C=O) groups excluding carboxylic acids is 3. The van der Waals surface area contributed by atoms with Crippen LogP contribution in [0.1, 0.15) is 44.6 Å². The highest BCUT2D eigenvalue weighted by Gasteiger charge is 2.18. The molecule has 1 aromatic rings. The first kappa shape index (κ1) is 18.7. The van der Waals surface area contributed by atoms with Crippen molar-refractivity contribution in [2.45, 2.75) is 45.1 Å². The first-order valence-corrected chi connectivity index (χ1v) is 8.55.